The molecular formula is C25H17F3N4O3. The molecule has 0 radical (unpaired) electrons. The van der Waals surface area contributed by atoms with Gasteiger partial charge in [0.15, 0.2) is 0 Å². The SMILES string of the molecule is NC(=O)Cn1ccc2c(-c3noc(-c4ccc(Oc5ccccc5)c(C(F)(F)F)c4)n3)cccc21. The first-order valence-electron chi connectivity index (χ1n) is 10.4. The summed E-state index contributed by atoms with van der Waals surface area (Å²) in [5.74, 6) is -0.434. The van der Waals surface area contributed by atoms with Crippen LogP contribution >= 0.6 is 0 Å². The number of hydrogen-bond donors (Lipinski definition) is 1. The molecule has 35 heavy (non-hydrogen) atoms. The van der Waals surface area contributed by atoms with E-state index >= 15 is 0 Å². The average molecular weight is 478 g/mol. The van der Waals surface area contributed by atoms with Crippen molar-refractivity contribution in [1.29, 1.82) is 0 Å². The number of hydrogen-bond acceptors (Lipinski definition) is 5. The van der Waals surface area contributed by atoms with Crippen molar-refractivity contribution in [2.24, 2.45) is 5.73 Å². The van der Waals surface area contributed by atoms with Gasteiger partial charge in [0.05, 0.1) is 5.56 Å². The molecule has 176 valence electrons. The summed E-state index contributed by atoms with van der Waals surface area (Å²) in [6, 6.07) is 18.9. The Kier molecular flexibility index (Phi) is 5.48. The molecule has 3 aromatic carbocycles. The molecule has 0 bridgehead atoms. The first-order valence-corrected chi connectivity index (χ1v) is 10.4. The van der Waals surface area contributed by atoms with Crippen molar-refractivity contribution >= 4 is 16.8 Å². The van der Waals surface area contributed by atoms with Gasteiger partial charge in [-0.05, 0) is 42.5 Å². The standard InChI is InChI=1S/C25H17F3N4O3/c26-25(27,28)19-13-15(9-10-21(19)34-16-5-2-1-3-6-16)24-30-23(31-35-24)18-7-4-8-20-17(18)11-12-32(20)14-22(29)33/h1-13H,14H2,(H2,29,33). The number of rotatable bonds is 6. The molecule has 0 atom stereocenters. The minimum absolute atomic E-state index is 0.00205. The van der Waals surface area contributed by atoms with Gasteiger partial charge in [0.2, 0.25) is 11.7 Å². The molecule has 2 N–H and O–H groups in total. The number of primary amides is 1. The summed E-state index contributed by atoms with van der Waals surface area (Å²) < 4.78 is 53.8. The van der Waals surface area contributed by atoms with Crippen LogP contribution in [0.15, 0.2) is 83.5 Å². The second-order valence-electron chi connectivity index (χ2n) is 7.70. The number of fused-ring (bicyclic) bond motifs is 1. The molecule has 0 saturated carbocycles. The third-order valence-electron chi connectivity index (χ3n) is 5.31. The minimum Gasteiger partial charge on any atom is -0.457 e. The summed E-state index contributed by atoms with van der Waals surface area (Å²) in [6.07, 6.45) is -2.96. The Bertz CT molecular complexity index is 1520. The van der Waals surface area contributed by atoms with Crippen LogP contribution in [0.25, 0.3) is 33.7 Å². The van der Waals surface area contributed by atoms with Crippen molar-refractivity contribution in [2.45, 2.75) is 12.7 Å². The third-order valence-corrected chi connectivity index (χ3v) is 5.31. The first-order chi connectivity index (χ1) is 16.8. The highest BCUT2D eigenvalue weighted by Crippen LogP contribution is 2.40. The van der Waals surface area contributed by atoms with E-state index in [1.807, 2.05) is 6.07 Å². The van der Waals surface area contributed by atoms with Gasteiger partial charge in [-0.3, -0.25) is 4.79 Å². The molecule has 2 heterocycles. The van der Waals surface area contributed by atoms with Gasteiger partial charge >= 0.3 is 6.18 Å². The van der Waals surface area contributed by atoms with Crippen molar-refractivity contribution in [2.75, 3.05) is 0 Å². The summed E-state index contributed by atoms with van der Waals surface area (Å²) in [5.41, 5.74) is 5.75. The van der Waals surface area contributed by atoms with Crippen molar-refractivity contribution < 1.29 is 27.2 Å². The number of aromatic nitrogens is 3. The molecular weight excluding hydrogens is 461 g/mol. The molecule has 0 saturated heterocycles. The molecule has 10 heteroatoms. The molecule has 5 aromatic rings. The van der Waals surface area contributed by atoms with Crippen LogP contribution in [0.3, 0.4) is 0 Å². The Morgan fingerprint density at radius 3 is 2.57 bits per heavy atom. The molecule has 2 aromatic heterocycles. The van der Waals surface area contributed by atoms with Gasteiger partial charge < -0.3 is 19.6 Å². The number of carbonyl (C=O) groups excluding carboxylic acids is 1. The van der Waals surface area contributed by atoms with Gasteiger partial charge in [0, 0.05) is 28.2 Å². The lowest BCUT2D eigenvalue weighted by Crippen LogP contribution is -2.17. The van der Waals surface area contributed by atoms with Gasteiger partial charge in [-0.15, -0.1) is 0 Å². The third kappa shape index (κ3) is 4.45. The van der Waals surface area contributed by atoms with Crippen LogP contribution in [-0.2, 0) is 17.5 Å². The molecule has 5 rings (SSSR count). The van der Waals surface area contributed by atoms with E-state index in [0.29, 0.717) is 5.56 Å². The lowest BCUT2D eigenvalue weighted by atomic mass is 10.1. The molecule has 0 fully saturated rings. The van der Waals surface area contributed by atoms with E-state index in [1.165, 1.54) is 12.1 Å². The van der Waals surface area contributed by atoms with E-state index in [2.05, 4.69) is 10.1 Å². The van der Waals surface area contributed by atoms with Crippen LogP contribution in [0.4, 0.5) is 13.2 Å². The largest absolute Gasteiger partial charge is 0.457 e. The summed E-state index contributed by atoms with van der Waals surface area (Å²) in [4.78, 5) is 15.6. The number of carbonyl (C=O) groups is 1. The number of nitrogens with zero attached hydrogens (tertiary/aromatic N) is 3. The molecule has 0 spiro atoms. The summed E-state index contributed by atoms with van der Waals surface area (Å²) >= 11 is 0. The number of ether oxygens (including phenoxy) is 1. The van der Waals surface area contributed by atoms with Crippen molar-refractivity contribution in [3.63, 3.8) is 0 Å². The van der Waals surface area contributed by atoms with Gasteiger partial charge in [-0.2, -0.15) is 18.2 Å². The maximum absolute atomic E-state index is 13.8. The lowest BCUT2D eigenvalue weighted by Gasteiger charge is -2.14. The second kappa shape index (κ2) is 8.64. The first kappa shape index (κ1) is 22.2. The lowest BCUT2D eigenvalue weighted by molar-refractivity contribution is -0.138. The monoisotopic (exact) mass is 478 g/mol. The highest BCUT2D eigenvalue weighted by molar-refractivity contribution is 5.94. The van der Waals surface area contributed by atoms with Crippen molar-refractivity contribution in [3.8, 4) is 34.3 Å². The quantitative estimate of drug-likeness (QED) is 0.340. The topological polar surface area (TPSA) is 96.2 Å². The minimum atomic E-state index is -4.67. The average Bonchev–Trinajstić information content (AvgIpc) is 3.47. The predicted octanol–water partition coefficient (Wildman–Crippen LogP) is 5.65. The fraction of sp³-hybridized carbons (Fsp3) is 0.0800. The molecule has 0 unspecified atom stereocenters. The number of para-hydroxylation sites is 1. The van der Waals surface area contributed by atoms with E-state index < -0.39 is 17.6 Å². The van der Waals surface area contributed by atoms with Crippen molar-refractivity contribution in [3.05, 3.63) is 84.6 Å². The fourth-order valence-corrected chi connectivity index (χ4v) is 3.76. The number of nitrogens with two attached hydrogens (primary N) is 1. The fourth-order valence-electron chi connectivity index (χ4n) is 3.76. The summed E-state index contributed by atoms with van der Waals surface area (Å²) in [6.45, 7) is 0.00205. The van der Waals surface area contributed by atoms with Crippen LogP contribution in [0, 0.1) is 0 Å². The maximum atomic E-state index is 13.8. The zero-order chi connectivity index (χ0) is 24.6. The highest BCUT2D eigenvalue weighted by atomic mass is 19.4. The Labute approximate surface area is 196 Å². The van der Waals surface area contributed by atoms with Crippen LogP contribution in [0.5, 0.6) is 11.5 Å². The van der Waals surface area contributed by atoms with Gasteiger partial charge in [0.25, 0.3) is 5.89 Å². The van der Waals surface area contributed by atoms with Crippen LogP contribution < -0.4 is 10.5 Å². The Morgan fingerprint density at radius 2 is 1.83 bits per heavy atom. The highest BCUT2D eigenvalue weighted by Gasteiger charge is 2.35. The summed E-state index contributed by atoms with van der Waals surface area (Å²) in [7, 11) is 0. The molecule has 7 nitrogen and oxygen atoms in total. The van der Waals surface area contributed by atoms with E-state index in [-0.39, 0.29) is 35.3 Å². The predicted molar refractivity (Wildman–Crippen MR) is 121 cm³/mol. The van der Waals surface area contributed by atoms with Crippen LogP contribution in [0.1, 0.15) is 5.56 Å². The molecule has 0 aliphatic rings. The molecule has 0 aliphatic heterocycles. The second-order valence-corrected chi connectivity index (χ2v) is 7.70. The Hall–Kier alpha value is -4.60. The van der Waals surface area contributed by atoms with E-state index in [4.69, 9.17) is 15.0 Å². The van der Waals surface area contributed by atoms with Crippen LogP contribution in [0.2, 0.25) is 0 Å². The number of amides is 1. The van der Waals surface area contributed by atoms with E-state index in [0.717, 1.165) is 17.0 Å². The Morgan fingerprint density at radius 1 is 1.03 bits per heavy atom. The maximum Gasteiger partial charge on any atom is 0.420 e. The zero-order valence-corrected chi connectivity index (χ0v) is 18.0. The molecule has 1 amide bonds. The number of halogens is 3. The Balaban J connectivity index is 1.51. The summed E-state index contributed by atoms with van der Waals surface area (Å²) in [5, 5.41) is 4.71. The van der Waals surface area contributed by atoms with E-state index in [1.54, 1.807) is 59.3 Å². The number of alkyl halides is 3. The van der Waals surface area contributed by atoms with Crippen LogP contribution in [-0.4, -0.2) is 20.6 Å². The van der Waals surface area contributed by atoms with Gasteiger partial charge in [-0.1, -0.05) is 35.5 Å². The van der Waals surface area contributed by atoms with Gasteiger partial charge in [-0.25, -0.2) is 0 Å². The normalized spacial score (nSPS) is 11.6. The number of benzene rings is 3. The van der Waals surface area contributed by atoms with Crippen molar-refractivity contribution in [1.82, 2.24) is 14.7 Å². The van der Waals surface area contributed by atoms with E-state index in [9.17, 15) is 18.0 Å². The zero-order valence-electron chi connectivity index (χ0n) is 18.0. The smallest absolute Gasteiger partial charge is 0.420 e. The molecule has 0 aliphatic carbocycles. The van der Waals surface area contributed by atoms with Gasteiger partial charge in [0.1, 0.15) is 18.0 Å².